The SMILES string of the molecule is CC.CC(C)=O.CC/C(N)=C/N(N)CCCCCCOCCOCC(=O)NC. The summed E-state index contributed by atoms with van der Waals surface area (Å²) in [7, 11) is 1.58. The normalized spacial score (nSPS) is 10.2. The molecule has 5 N–H and O–H groups in total. The van der Waals surface area contributed by atoms with Crippen molar-refractivity contribution in [3.05, 3.63) is 11.9 Å². The van der Waals surface area contributed by atoms with Gasteiger partial charge in [0, 0.05) is 32.1 Å². The third-order valence-corrected chi connectivity index (χ3v) is 3.08. The number of nitrogens with two attached hydrogens (primary N) is 2. The van der Waals surface area contributed by atoms with Crippen molar-refractivity contribution in [1.29, 1.82) is 0 Å². The summed E-state index contributed by atoms with van der Waals surface area (Å²) in [5.41, 5.74) is 6.51. The van der Waals surface area contributed by atoms with Gasteiger partial charge in [-0.1, -0.05) is 33.6 Å². The van der Waals surface area contributed by atoms with E-state index < -0.39 is 0 Å². The minimum Gasteiger partial charge on any atom is -0.401 e. The average Bonchev–Trinajstić information content (AvgIpc) is 2.66. The van der Waals surface area contributed by atoms with Crippen molar-refractivity contribution >= 4 is 11.7 Å². The number of hydrazine groups is 1. The van der Waals surface area contributed by atoms with Gasteiger partial charge in [-0.05, 0) is 33.1 Å². The summed E-state index contributed by atoms with van der Waals surface area (Å²) in [6.07, 6.45) is 6.90. The Morgan fingerprint density at radius 3 is 2.07 bits per heavy atom. The molecule has 0 heterocycles. The van der Waals surface area contributed by atoms with Crippen molar-refractivity contribution in [3.8, 4) is 0 Å². The molecule has 0 radical (unpaired) electrons. The van der Waals surface area contributed by atoms with Crippen LogP contribution < -0.4 is 16.9 Å². The fourth-order valence-electron chi connectivity index (χ4n) is 1.68. The number of hydrogen-bond acceptors (Lipinski definition) is 7. The molecule has 0 aromatic heterocycles. The molecule has 0 aliphatic rings. The zero-order chi connectivity index (χ0) is 22.2. The van der Waals surface area contributed by atoms with Crippen molar-refractivity contribution in [3.63, 3.8) is 0 Å². The topological polar surface area (TPSA) is 120 Å². The van der Waals surface area contributed by atoms with Crippen LogP contribution in [0.1, 0.15) is 66.7 Å². The lowest BCUT2D eigenvalue weighted by molar-refractivity contribution is -0.125. The number of unbranched alkanes of at least 4 members (excludes halogenated alkanes) is 3. The predicted octanol–water partition coefficient (Wildman–Crippen LogP) is 2.33. The Morgan fingerprint density at radius 2 is 1.54 bits per heavy atom. The van der Waals surface area contributed by atoms with E-state index in [0.29, 0.717) is 13.2 Å². The molecule has 0 unspecified atom stereocenters. The number of rotatable bonds is 14. The monoisotopic (exact) mass is 404 g/mol. The molecule has 0 aromatic rings. The highest BCUT2D eigenvalue weighted by atomic mass is 16.5. The van der Waals surface area contributed by atoms with E-state index in [9.17, 15) is 9.59 Å². The quantitative estimate of drug-likeness (QED) is 0.231. The van der Waals surface area contributed by atoms with Crippen molar-refractivity contribution in [1.82, 2.24) is 10.3 Å². The van der Waals surface area contributed by atoms with Crippen molar-refractivity contribution in [2.75, 3.05) is 40.0 Å². The number of carbonyl (C=O) groups excluding carboxylic acids is 2. The standard InChI is InChI=1S/C15H32N4O3.C3H6O.C2H6/c1-3-14(16)12-19(17)8-6-4-5-7-9-21-10-11-22-13-15(20)18-2;1-3(2)4;1-2/h12H,3-11,13,16-17H2,1-2H3,(H,18,20);1-2H3;1-2H3/b14-12-;;. The Bertz CT molecular complexity index is 386. The fraction of sp³-hybridized carbons (Fsp3) is 0.800. The molecule has 0 rings (SSSR count). The molecule has 0 aliphatic heterocycles. The minimum atomic E-state index is -0.121. The van der Waals surface area contributed by atoms with Crippen LogP contribution in [0.3, 0.4) is 0 Å². The van der Waals surface area contributed by atoms with Crippen LogP contribution in [0, 0.1) is 0 Å². The van der Waals surface area contributed by atoms with E-state index in [1.807, 2.05) is 20.8 Å². The van der Waals surface area contributed by atoms with Crippen LogP contribution in [0.5, 0.6) is 0 Å². The number of allylic oxidation sites excluding steroid dienone is 1. The summed E-state index contributed by atoms with van der Waals surface area (Å²) in [6, 6.07) is 0. The number of ketones is 1. The molecule has 168 valence electrons. The molecule has 0 spiro atoms. The largest absolute Gasteiger partial charge is 0.401 e. The maximum absolute atomic E-state index is 10.9. The molecule has 0 aromatic carbocycles. The van der Waals surface area contributed by atoms with E-state index >= 15 is 0 Å². The Hall–Kier alpha value is -1.64. The molecule has 1 amide bonds. The van der Waals surface area contributed by atoms with Crippen molar-refractivity contribution in [2.45, 2.75) is 66.7 Å². The number of Topliss-reactive ketones (excluding diaryl/α,β-unsaturated/α-hetero) is 1. The number of amides is 1. The Morgan fingerprint density at radius 1 is 1.00 bits per heavy atom. The first-order valence-corrected chi connectivity index (χ1v) is 10.1. The second kappa shape index (κ2) is 25.4. The molecule has 0 saturated carbocycles. The number of carbonyl (C=O) groups is 2. The lowest BCUT2D eigenvalue weighted by Crippen LogP contribution is -2.27. The minimum absolute atomic E-state index is 0.0897. The molecule has 0 aliphatic carbocycles. The number of nitrogens with one attached hydrogen (secondary N) is 1. The summed E-state index contributed by atoms with van der Waals surface area (Å²) in [6.45, 7) is 11.7. The number of nitrogens with zero attached hydrogens (tertiary/aromatic N) is 1. The molecular weight excluding hydrogens is 360 g/mol. The molecule has 0 bridgehead atoms. The maximum Gasteiger partial charge on any atom is 0.245 e. The van der Waals surface area contributed by atoms with Crippen LogP contribution in [0.25, 0.3) is 0 Å². The lowest BCUT2D eigenvalue weighted by atomic mass is 10.2. The summed E-state index contributed by atoms with van der Waals surface area (Å²) in [5, 5.41) is 4.14. The third kappa shape index (κ3) is 32.1. The van der Waals surface area contributed by atoms with E-state index in [4.69, 9.17) is 21.1 Å². The van der Waals surface area contributed by atoms with Gasteiger partial charge < -0.3 is 30.3 Å². The van der Waals surface area contributed by atoms with E-state index in [-0.39, 0.29) is 18.3 Å². The average molecular weight is 405 g/mol. The van der Waals surface area contributed by atoms with Gasteiger partial charge in [0.2, 0.25) is 5.91 Å². The Labute approximate surface area is 172 Å². The van der Waals surface area contributed by atoms with Gasteiger partial charge in [-0.2, -0.15) is 0 Å². The van der Waals surface area contributed by atoms with Crippen LogP contribution in [-0.2, 0) is 19.1 Å². The van der Waals surface area contributed by atoms with E-state index in [1.165, 1.54) is 13.8 Å². The summed E-state index contributed by atoms with van der Waals surface area (Å²) in [4.78, 5) is 20.3. The second-order valence-electron chi connectivity index (χ2n) is 5.96. The summed E-state index contributed by atoms with van der Waals surface area (Å²) < 4.78 is 10.6. The number of ether oxygens (including phenoxy) is 2. The van der Waals surface area contributed by atoms with Gasteiger partial charge in [0.25, 0.3) is 0 Å². The Kier molecular flexibility index (Phi) is 28.1. The van der Waals surface area contributed by atoms with Crippen LogP contribution >= 0.6 is 0 Å². The van der Waals surface area contributed by atoms with E-state index in [1.54, 1.807) is 18.3 Å². The van der Waals surface area contributed by atoms with Gasteiger partial charge >= 0.3 is 0 Å². The first kappa shape index (κ1) is 31.1. The van der Waals surface area contributed by atoms with Crippen molar-refractivity contribution in [2.24, 2.45) is 11.6 Å². The van der Waals surface area contributed by atoms with Gasteiger partial charge in [-0.25, -0.2) is 5.84 Å². The highest BCUT2D eigenvalue weighted by Gasteiger charge is 1.98. The van der Waals surface area contributed by atoms with Crippen LogP contribution in [0.2, 0.25) is 0 Å². The van der Waals surface area contributed by atoms with E-state index in [0.717, 1.165) is 51.0 Å². The van der Waals surface area contributed by atoms with Gasteiger partial charge in [-0.15, -0.1) is 0 Å². The molecule has 8 heteroatoms. The first-order valence-electron chi connectivity index (χ1n) is 10.1. The molecule has 8 nitrogen and oxygen atoms in total. The third-order valence-electron chi connectivity index (χ3n) is 3.08. The first-order chi connectivity index (χ1) is 13.3. The molecule has 0 saturated heterocycles. The number of hydrogen-bond donors (Lipinski definition) is 3. The summed E-state index contributed by atoms with van der Waals surface area (Å²) in [5.74, 6) is 5.85. The lowest BCUT2D eigenvalue weighted by Gasteiger charge is -2.14. The maximum atomic E-state index is 10.9. The highest BCUT2D eigenvalue weighted by molar-refractivity contribution is 5.76. The van der Waals surface area contributed by atoms with Gasteiger partial charge in [0.1, 0.15) is 12.4 Å². The van der Waals surface area contributed by atoms with Gasteiger partial charge in [0.05, 0.1) is 13.2 Å². The molecular formula is C20H44N4O4. The van der Waals surface area contributed by atoms with Crippen LogP contribution in [0.4, 0.5) is 0 Å². The van der Waals surface area contributed by atoms with Gasteiger partial charge in [-0.3, -0.25) is 4.79 Å². The molecule has 0 fully saturated rings. The smallest absolute Gasteiger partial charge is 0.245 e. The molecule has 0 atom stereocenters. The van der Waals surface area contributed by atoms with Crippen LogP contribution in [0.15, 0.2) is 11.9 Å². The zero-order valence-electron chi connectivity index (χ0n) is 18.9. The van der Waals surface area contributed by atoms with Crippen LogP contribution in [-0.4, -0.2) is 56.7 Å². The highest BCUT2D eigenvalue weighted by Crippen LogP contribution is 2.02. The van der Waals surface area contributed by atoms with Crippen molar-refractivity contribution < 1.29 is 19.1 Å². The second-order valence-corrected chi connectivity index (χ2v) is 5.96. The zero-order valence-corrected chi connectivity index (χ0v) is 18.9. The fourth-order valence-corrected chi connectivity index (χ4v) is 1.68. The predicted molar refractivity (Wildman–Crippen MR) is 115 cm³/mol. The molecule has 28 heavy (non-hydrogen) atoms. The van der Waals surface area contributed by atoms with Gasteiger partial charge in [0.15, 0.2) is 0 Å². The summed E-state index contributed by atoms with van der Waals surface area (Å²) >= 11 is 0. The number of likely N-dealkylation sites (N-methyl/N-ethyl adjacent to an activating group) is 1. The Balaban J connectivity index is -0.000000916. The van der Waals surface area contributed by atoms with E-state index in [2.05, 4.69) is 5.32 Å².